The first-order valence-electron chi connectivity index (χ1n) is 16.8. The Hall–Kier alpha value is -1.66. The molecule has 1 aromatic heterocycles. The van der Waals surface area contributed by atoms with Gasteiger partial charge in [0.1, 0.15) is 18.1 Å². The fourth-order valence-electron chi connectivity index (χ4n) is 5.70. The van der Waals surface area contributed by atoms with E-state index in [1.54, 1.807) is 18.2 Å². The van der Waals surface area contributed by atoms with E-state index in [4.69, 9.17) is 10.2 Å². The van der Waals surface area contributed by atoms with Crippen LogP contribution >= 0.6 is 0 Å². The van der Waals surface area contributed by atoms with Crippen LogP contribution in [-0.2, 0) is 41.9 Å². The summed E-state index contributed by atoms with van der Waals surface area (Å²) in [6, 6.07) is 1.02. The van der Waals surface area contributed by atoms with Gasteiger partial charge in [0.25, 0.3) is 0 Å². The zero-order valence-electron chi connectivity index (χ0n) is 29.5. The largest absolute Gasteiger partial charge is 2.00 e. The maximum atomic E-state index is 12.6. The average Bonchev–Trinajstić information content (AvgIpc) is 3.08. The number of aliphatic carboxylic acids is 4. The number of carboxylic acid groups (broad SMARTS) is 4. The van der Waals surface area contributed by atoms with Gasteiger partial charge in [-0.25, -0.2) is 0 Å². The number of pyridine rings is 1. The monoisotopic (exact) mass is 1060 g/mol. The van der Waals surface area contributed by atoms with Crippen molar-refractivity contribution < 1.29 is 150 Å². The van der Waals surface area contributed by atoms with Crippen molar-refractivity contribution >= 4 is 35.7 Å². The number of carboxylic acids is 4. The number of carbonyl (C=O) groups excluding carboxylic acids is 2. The fraction of sp³-hybridized carbons (Fsp3) is 0.656. The Morgan fingerprint density at radius 2 is 0.981 bits per heavy atom. The molecule has 5 atom stereocenters. The number of aliphatic hydroxyl groups is 4. The van der Waals surface area contributed by atoms with E-state index in [1.807, 2.05) is 0 Å². The van der Waals surface area contributed by atoms with Crippen molar-refractivity contribution in [3.8, 4) is 0 Å². The second-order valence-electron chi connectivity index (χ2n) is 12.5. The molecule has 0 saturated carbocycles. The smallest absolute Gasteiger partial charge is 0.481 e. The molecule has 10 N–H and O–H groups in total. The van der Waals surface area contributed by atoms with Crippen LogP contribution < -0.4 is 10.6 Å². The summed E-state index contributed by atoms with van der Waals surface area (Å²) in [5, 5.41) is 81.8. The summed E-state index contributed by atoms with van der Waals surface area (Å²) in [7, 11) is 0. The van der Waals surface area contributed by atoms with Gasteiger partial charge in [0.05, 0.1) is 36.8 Å². The zero-order valence-corrected chi connectivity index (χ0v) is 34.0. The first-order valence-corrected chi connectivity index (χ1v) is 16.8. The number of nitrogens with one attached hydrogen (secondary N) is 2. The summed E-state index contributed by atoms with van der Waals surface area (Å²) in [5.41, 5.74) is 0.775. The summed E-state index contributed by atoms with van der Waals surface area (Å²) < 4.78 is 0. The van der Waals surface area contributed by atoms with Gasteiger partial charge in [-0.15, -0.1) is 0 Å². The zero-order chi connectivity index (χ0) is 38.8. The van der Waals surface area contributed by atoms with E-state index in [2.05, 4.69) is 15.6 Å². The molecule has 54 heavy (non-hydrogen) atoms. The van der Waals surface area contributed by atoms with Gasteiger partial charge in [-0.2, -0.15) is 0 Å². The van der Waals surface area contributed by atoms with Gasteiger partial charge in [-0.05, 0) is 31.4 Å². The molecule has 0 aliphatic carbocycles. The second kappa shape index (κ2) is 27.9. The Balaban J connectivity index is 0.0000140. The normalized spacial score (nSPS) is 17.0. The van der Waals surface area contributed by atoms with Crippen LogP contribution in [0.25, 0.3) is 0 Å². The van der Waals surface area contributed by atoms with Gasteiger partial charge in [0.2, 0.25) is 11.8 Å². The molecular weight excluding hydrogens is 1010 g/mol. The molecule has 0 spiro atoms. The molecular formula is C32H50Gd2N6O14+2. The van der Waals surface area contributed by atoms with Crippen molar-refractivity contribution in [1.82, 2.24) is 30.3 Å². The molecule has 0 aromatic carbocycles. The van der Waals surface area contributed by atoms with Gasteiger partial charge in [0, 0.05) is 112 Å². The standard InChI is InChI=1S/C32H50N6O14.2Gd/c39-18-22(41)14-33-27(43)7-4-24(30(47)48)36-10-12-37(25(31(49)50)5-8-28(44)34-15-23(42)19-40)16-20-2-1-3-21(35-20)17-38(13-11-36)26(32(51)52)6-9-29(45)46;;/h1-3,22-26,39-42H,4-19H2,(H,33,43)(H,34,44)(H,45,46)(H,47,48)(H,49,50)(H,51,52);;/q;;+2. The van der Waals surface area contributed by atoms with Crippen LogP contribution in [0.4, 0.5) is 0 Å². The number of carbonyl (C=O) groups is 6. The van der Waals surface area contributed by atoms with Crippen molar-refractivity contribution in [2.45, 2.75) is 81.9 Å². The maximum absolute atomic E-state index is 12.6. The van der Waals surface area contributed by atoms with Crippen LogP contribution in [-0.4, -0.2) is 179 Å². The molecule has 2 heterocycles. The fourth-order valence-corrected chi connectivity index (χ4v) is 5.70. The minimum absolute atomic E-state index is 0. The van der Waals surface area contributed by atoms with Crippen molar-refractivity contribution in [3.05, 3.63) is 29.6 Å². The summed E-state index contributed by atoms with van der Waals surface area (Å²) in [5.74, 6) is -6.26. The van der Waals surface area contributed by atoms with Crippen molar-refractivity contribution in [2.75, 3.05) is 52.5 Å². The second-order valence-corrected chi connectivity index (χ2v) is 12.5. The molecule has 22 heteroatoms. The minimum Gasteiger partial charge on any atom is -0.481 e. The molecule has 1 aromatic rings. The molecule has 20 nitrogen and oxygen atoms in total. The van der Waals surface area contributed by atoms with Crippen molar-refractivity contribution in [1.29, 1.82) is 0 Å². The van der Waals surface area contributed by atoms with Crippen molar-refractivity contribution in [3.63, 3.8) is 0 Å². The van der Waals surface area contributed by atoms with Crippen LogP contribution in [0.3, 0.4) is 0 Å². The van der Waals surface area contributed by atoms with E-state index in [1.165, 1.54) is 14.7 Å². The van der Waals surface area contributed by atoms with Crippen molar-refractivity contribution in [2.24, 2.45) is 0 Å². The third kappa shape index (κ3) is 19.5. The van der Waals surface area contributed by atoms with Crippen LogP contribution in [0.15, 0.2) is 18.2 Å². The first-order chi connectivity index (χ1) is 24.6. The SMILES string of the molecule is O=C(O)CCC(C(=O)O)N1CCN(C(CCC(=O)NCC(O)CO)C(=O)O)CCN(C(CCC(=O)NCC(O)CO)C(=O)O)Cc2cccc(n2)C1.[Gd+2].[Gd]. The summed E-state index contributed by atoms with van der Waals surface area (Å²) in [6.45, 7) is -2.19. The molecule has 0 fully saturated rings. The molecule has 1 aliphatic heterocycles. The van der Waals surface area contributed by atoms with E-state index in [-0.39, 0.29) is 164 Å². The number of fused-ring (bicyclic) bond motifs is 2. The topological polar surface area (TPSA) is 311 Å². The third-order valence-electron chi connectivity index (χ3n) is 8.53. The Kier molecular flexibility index (Phi) is 27.0. The molecule has 306 valence electrons. The predicted octanol–water partition coefficient (Wildman–Crippen LogP) is -3.28. The molecule has 2 rings (SSSR count). The van der Waals surface area contributed by atoms with E-state index in [0.717, 1.165) is 0 Å². The maximum Gasteiger partial charge on any atom is 2.00 e. The number of nitrogens with zero attached hydrogens (tertiary/aromatic N) is 4. The number of rotatable bonds is 21. The van der Waals surface area contributed by atoms with E-state index >= 15 is 0 Å². The van der Waals surface area contributed by atoms with Gasteiger partial charge < -0.3 is 51.5 Å². The van der Waals surface area contributed by atoms with Gasteiger partial charge in [0.15, 0.2) is 0 Å². The van der Waals surface area contributed by atoms with Gasteiger partial charge in [-0.1, -0.05) is 6.07 Å². The van der Waals surface area contributed by atoms with Crippen LogP contribution in [0.1, 0.15) is 49.9 Å². The average molecular weight is 1060 g/mol. The molecule has 1 aliphatic rings. The van der Waals surface area contributed by atoms with Crippen LogP contribution in [0.2, 0.25) is 0 Å². The first kappa shape index (κ1) is 52.3. The predicted molar refractivity (Wildman–Crippen MR) is 178 cm³/mol. The van der Waals surface area contributed by atoms with Gasteiger partial charge >= 0.3 is 63.8 Å². The molecule has 2 amide bonds. The molecule has 0 saturated heterocycles. The Labute approximate surface area is 376 Å². The van der Waals surface area contributed by atoms with E-state index in [9.17, 15) is 59.4 Å². The molecule has 0 radical (unpaired) electrons. The Morgan fingerprint density at radius 3 is 1.33 bits per heavy atom. The quantitative estimate of drug-likeness (QED) is 0.0578. The molecule has 2 bridgehead atoms. The minimum atomic E-state index is -1.33. The molecule has 5 unspecified atom stereocenters. The number of aliphatic hydroxyl groups excluding tert-OH is 4. The number of hydrogen-bond donors (Lipinski definition) is 10. The van der Waals surface area contributed by atoms with E-state index < -0.39 is 85.7 Å². The summed E-state index contributed by atoms with van der Waals surface area (Å²) in [6.07, 6.45) is -4.11. The number of amides is 2. The third-order valence-corrected chi connectivity index (χ3v) is 8.53. The van der Waals surface area contributed by atoms with Crippen LogP contribution in [0.5, 0.6) is 0 Å². The number of hydrogen-bond acceptors (Lipinski definition) is 14. The van der Waals surface area contributed by atoms with Gasteiger partial charge in [-0.3, -0.25) is 48.5 Å². The Morgan fingerprint density at radius 1 is 0.630 bits per heavy atom. The summed E-state index contributed by atoms with van der Waals surface area (Å²) in [4.78, 5) is 83.0. The van der Waals surface area contributed by atoms with E-state index in [0.29, 0.717) is 11.4 Å². The Bertz CT molecular complexity index is 1360. The van der Waals surface area contributed by atoms with Crippen LogP contribution in [0, 0.1) is 79.9 Å². The number of aromatic nitrogens is 1. The summed E-state index contributed by atoms with van der Waals surface area (Å²) >= 11 is 0.